The third-order valence-corrected chi connectivity index (χ3v) is 5.51. The molecule has 1 aromatic rings. The van der Waals surface area contributed by atoms with E-state index in [9.17, 15) is 5.11 Å². The molecule has 1 heterocycles. The maximum atomic E-state index is 10.1. The lowest BCUT2D eigenvalue weighted by Gasteiger charge is -2.17. The summed E-state index contributed by atoms with van der Waals surface area (Å²) in [5, 5.41) is 19.6. The molecule has 0 aromatic carbocycles. The maximum absolute atomic E-state index is 10.1. The lowest BCUT2D eigenvalue weighted by atomic mass is 10.1. The van der Waals surface area contributed by atoms with E-state index in [-0.39, 0.29) is 6.10 Å². The number of nitrogens with zero attached hydrogens (tertiary/aromatic N) is 3. The molecule has 6 heteroatoms. The average Bonchev–Trinajstić information content (AvgIpc) is 2.66. The van der Waals surface area contributed by atoms with E-state index in [0.29, 0.717) is 5.25 Å². The Morgan fingerprint density at radius 1 is 1.24 bits per heavy atom. The number of anilines is 1. The first-order chi connectivity index (χ1) is 8.16. The van der Waals surface area contributed by atoms with Crippen LogP contribution in [0.25, 0.3) is 0 Å². The Kier molecular flexibility index (Phi) is 4.64. The molecule has 0 aliphatic heterocycles. The molecule has 0 spiro atoms. The van der Waals surface area contributed by atoms with Gasteiger partial charge in [0.1, 0.15) is 0 Å². The van der Waals surface area contributed by atoms with Crippen molar-refractivity contribution >= 4 is 28.2 Å². The topological polar surface area (TPSA) is 49.2 Å². The van der Waals surface area contributed by atoms with Crippen molar-refractivity contribution in [2.45, 2.75) is 47.8 Å². The fourth-order valence-electron chi connectivity index (χ4n) is 1.95. The van der Waals surface area contributed by atoms with E-state index >= 15 is 0 Å². The Balaban J connectivity index is 1.98. The second-order valence-electron chi connectivity index (χ2n) is 4.61. The van der Waals surface area contributed by atoms with Gasteiger partial charge in [-0.3, -0.25) is 0 Å². The van der Waals surface area contributed by atoms with Crippen LogP contribution in [0.5, 0.6) is 0 Å². The zero-order valence-electron chi connectivity index (χ0n) is 10.3. The molecule has 0 radical (unpaired) electrons. The minimum absolute atomic E-state index is 0.186. The number of rotatable bonds is 3. The lowest BCUT2D eigenvalue weighted by Crippen LogP contribution is -2.21. The van der Waals surface area contributed by atoms with Crippen LogP contribution in [0.2, 0.25) is 0 Å². The molecular formula is C11H19N3OS2. The van der Waals surface area contributed by atoms with Gasteiger partial charge in [-0.15, -0.1) is 10.2 Å². The molecular weight excluding hydrogens is 254 g/mol. The predicted molar refractivity (Wildman–Crippen MR) is 73.0 cm³/mol. The predicted octanol–water partition coefficient (Wildman–Crippen LogP) is 2.39. The number of thioether (sulfide) groups is 1. The summed E-state index contributed by atoms with van der Waals surface area (Å²) >= 11 is 3.29. The second-order valence-corrected chi connectivity index (χ2v) is 7.05. The minimum atomic E-state index is -0.186. The molecule has 0 saturated heterocycles. The molecule has 4 nitrogen and oxygen atoms in total. The van der Waals surface area contributed by atoms with E-state index in [0.717, 1.165) is 28.7 Å². The van der Waals surface area contributed by atoms with E-state index in [1.165, 1.54) is 12.8 Å². The Morgan fingerprint density at radius 2 is 2.00 bits per heavy atom. The summed E-state index contributed by atoms with van der Waals surface area (Å²) in [4.78, 5) is 1.96. The molecule has 0 amide bonds. The van der Waals surface area contributed by atoms with Crippen molar-refractivity contribution in [2.24, 2.45) is 0 Å². The molecule has 2 unspecified atom stereocenters. The van der Waals surface area contributed by atoms with Gasteiger partial charge in [0.2, 0.25) is 5.13 Å². The average molecular weight is 273 g/mol. The first-order valence-corrected chi connectivity index (χ1v) is 7.72. The van der Waals surface area contributed by atoms with Gasteiger partial charge in [-0.1, -0.05) is 42.4 Å². The third-order valence-electron chi connectivity index (χ3n) is 2.95. The van der Waals surface area contributed by atoms with Gasteiger partial charge in [0, 0.05) is 19.3 Å². The van der Waals surface area contributed by atoms with Crippen LogP contribution in [0.4, 0.5) is 5.13 Å². The van der Waals surface area contributed by atoms with Crippen molar-refractivity contribution < 1.29 is 5.11 Å². The summed E-state index contributed by atoms with van der Waals surface area (Å²) in [6.45, 7) is 0. The Morgan fingerprint density at radius 3 is 2.71 bits per heavy atom. The summed E-state index contributed by atoms with van der Waals surface area (Å²) in [5.41, 5.74) is 0. The number of hydrogen-bond acceptors (Lipinski definition) is 6. The molecule has 1 aliphatic rings. The van der Waals surface area contributed by atoms with Crippen molar-refractivity contribution in [1.82, 2.24) is 10.2 Å². The highest BCUT2D eigenvalue weighted by molar-refractivity contribution is 8.01. The zero-order valence-corrected chi connectivity index (χ0v) is 11.9. The summed E-state index contributed by atoms with van der Waals surface area (Å²) in [7, 11) is 3.94. The summed E-state index contributed by atoms with van der Waals surface area (Å²) < 4.78 is 0.972. The summed E-state index contributed by atoms with van der Waals surface area (Å²) in [6.07, 6.45) is 5.44. The van der Waals surface area contributed by atoms with E-state index in [2.05, 4.69) is 10.2 Å². The first kappa shape index (κ1) is 13.1. The van der Waals surface area contributed by atoms with E-state index in [4.69, 9.17) is 0 Å². The SMILES string of the molecule is CN(C)c1nnc(SC2CCCCCC2O)s1. The largest absolute Gasteiger partial charge is 0.392 e. The van der Waals surface area contributed by atoms with Crippen molar-refractivity contribution in [1.29, 1.82) is 0 Å². The van der Waals surface area contributed by atoms with E-state index in [1.54, 1.807) is 23.1 Å². The Labute approximate surface area is 110 Å². The second kappa shape index (κ2) is 6.02. The minimum Gasteiger partial charge on any atom is -0.392 e. The van der Waals surface area contributed by atoms with Crippen LogP contribution in [-0.4, -0.2) is 40.8 Å². The molecule has 1 N–H and O–H groups in total. The van der Waals surface area contributed by atoms with Crippen LogP contribution < -0.4 is 4.90 Å². The van der Waals surface area contributed by atoms with Gasteiger partial charge in [0.15, 0.2) is 4.34 Å². The highest BCUT2D eigenvalue weighted by atomic mass is 32.2. The Bertz CT molecular complexity index is 356. The zero-order chi connectivity index (χ0) is 12.3. The van der Waals surface area contributed by atoms with Gasteiger partial charge in [0.25, 0.3) is 0 Å². The quantitative estimate of drug-likeness (QED) is 0.857. The van der Waals surface area contributed by atoms with Gasteiger partial charge in [-0.25, -0.2) is 0 Å². The van der Waals surface area contributed by atoms with Crippen LogP contribution in [-0.2, 0) is 0 Å². The van der Waals surface area contributed by atoms with Gasteiger partial charge < -0.3 is 10.0 Å². The fourth-order valence-corrected chi connectivity index (χ4v) is 4.17. The highest BCUT2D eigenvalue weighted by Crippen LogP contribution is 2.35. The molecule has 17 heavy (non-hydrogen) atoms. The summed E-state index contributed by atoms with van der Waals surface area (Å²) in [5.74, 6) is 0. The van der Waals surface area contributed by atoms with Crippen LogP contribution >= 0.6 is 23.1 Å². The number of aromatic nitrogens is 2. The van der Waals surface area contributed by atoms with Crippen molar-refractivity contribution in [3.8, 4) is 0 Å². The van der Waals surface area contributed by atoms with Gasteiger partial charge >= 0.3 is 0 Å². The van der Waals surface area contributed by atoms with Gasteiger partial charge in [0.05, 0.1) is 6.10 Å². The smallest absolute Gasteiger partial charge is 0.208 e. The fraction of sp³-hybridized carbons (Fsp3) is 0.818. The molecule has 1 saturated carbocycles. The van der Waals surface area contributed by atoms with Crippen LogP contribution in [0.3, 0.4) is 0 Å². The van der Waals surface area contributed by atoms with Crippen molar-refractivity contribution in [2.75, 3.05) is 19.0 Å². The number of aliphatic hydroxyl groups excluding tert-OH is 1. The molecule has 96 valence electrons. The Hall–Kier alpha value is -0.330. The molecule has 0 bridgehead atoms. The molecule has 1 aromatic heterocycles. The van der Waals surface area contributed by atoms with Crippen LogP contribution in [0.15, 0.2) is 4.34 Å². The highest BCUT2D eigenvalue weighted by Gasteiger charge is 2.24. The first-order valence-electron chi connectivity index (χ1n) is 6.02. The van der Waals surface area contributed by atoms with Gasteiger partial charge in [-0.05, 0) is 12.8 Å². The van der Waals surface area contributed by atoms with Crippen LogP contribution in [0, 0.1) is 0 Å². The molecule has 1 aliphatic carbocycles. The third kappa shape index (κ3) is 3.56. The monoisotopic (exact) mass is 273 g/mol. The molecule has 2 rings (SSSR count). The van der Waals surface area contributed by atoms with E-state index in [1.807, 2.05) is 19.0 Å². The van der Waals surface area contributed by atoms with Gasteiger partial charge in [-0.2, -0.15) is 0 Å². The van der Waals surface area contributed by atoms with Crippen molar-refractivity contribution in [3.05, 3.63) is 0 Å². The summed E-state index contributed by atoms with van der Waals surface area (Å²) in [6, 6.07) is 0. The normalized spacial score (nSPS) is 25.6. The lowest BCUT2D eigenvalue weighted by molar-refractivity contribution is 0.163. The number of hydrogen-bond donors (Lipinski definition) is 1. The van der Waals surface area contributed by atoms with E-state index < -0.39 is 0 Å². The molecule has 2 atom stereocenters. The standard InChI is InChI=1S/C11H19N3OS2/c1-14(2)10-12-13-11(17-10)16-9-7-5-3-4-6-8(9)15/h8-9,15H,3-7H2,1-2H3. The maximum Gasteiger partial charge on any atom is 0.208 e. The van der Waals surface area contributed by atoms with Crippen molar-refractivity contribution in [3.63, 3.8) is 0 Å². The molecule has 1 fully saturated rings. The van der Waals surface area contributed by atoms with Crippen LogP contribution in [0.1, 0.15) is 32.1 Å². The number of aliphatic hydroxyl groups is 1.